The fourth-order valence-corrected chi connectivity index (χ4v) is 12.8. The Morgan fingerprint density at radius 3 is 1.11 bits per heavy atom. The van der Waals surface area contributed by atoms with Crippen LogP contribution < -0.4 is 0 Å². The lowest BCUT2D eigenvalue weighted by Gasteiger charge is -2.22. The van der Waals surface area contributed by atoms with Crippen molar-refractivity contribution in [1.29, 1.82) is 0 Å². The van der Waals surface area contributed by atoms with E-state index in [9.17, 15) is 0 Å². The van der Waals surface area contributed by atoms with E-state index in [1.165, 1.54) is 158 Å². The van der Waals surface area contributed by atoms with Crippen molar-refractivity contribution < 1.29 is 0 Å². The van der Waals surface area contributed by atoms with Gasteiger partial charge in [-0.05, 0) is 216 Å². The number of hydrogen-bond donors (Lipinski definition) is 0. The predicted octanol–water partition coefficient (Wildman–Crippen LogP) is 19.3. The van der Waals surface area contributed by atoms with E-state index in [4.69, 9.17) is 0 Å². The quantitative estimate of drug-likeness (QED) is 0.120. The third kappa shape index (κ3) is 4.75. The third-order valence-corrected chi connectivity index (χ3v) is 15.9. The molecular weight excluding hydrogens is 769 g/mol. The summed E-state index contributed by atoms with van der Waals surface area (Å²) in [5.41, 5.74) is 12.9. The number of benzene rings is 10. The molecule has 0 atom stereocenters. The average Bonchev–Trinajstić information content (AvgIpc) is 3.86. The highest BCUT2D eigenvalue weighted by Gasteiger charge is 2.31. The zero-order valence-electron chi connectivity index (χ0n) is 40.0. The van der Waals surface area contributed by atoms with Crippen LogP contribution in [0.25, 0.3) is 130 Å². The molecule has 1 aliphatic carbocycles. The summed E-state index contributed by atoms with van der Waals surface area (Å²) in [6.45, 7) is 30.9. The summed E-state index contributed by atoms with van der Waals surface area (Å²) in [5.74, 6) is 0.662. The number of fused-ring (bicyclic) bond motifs is 12. The van der Waals surface area contributed by atoms with Crippen LogP contribution in [-0.2, 0) is 16.2 Å². The minimum absolute atomic E-state index is 0.0373. The maximum atomic E-state index is 2.63. The van der Waals surface area contributed by atoms with Gasteiger partial charge in [0.2, 0.25) is 0 Å². The van der Waals surface area contributed by atoms with Gasteiger partial charge in [0.15, 0.2) is 0 Å². The van der Waals surface area contributed by atoms with Gasteiger partial charge in [-0.3, -0.25) is 0 Å². The van der Waals surface area contributed by atoms with E-state index < -0.39 is 0 Å². The van der Waals surface area contributed by atoms with E-state index in [1.54, 1.807) is 0 Å². The highest BCUT2D eigenvalue weighted by atomic mass is 14.3. The highest BCUT2D eigenvalue weighted by molar-refractivity contribution is 6.45. The topological polar surface area (TPSA) is 0 Å². The summed E-state index contributed by atoms with van der Waals surface area (Å²) < 4.78 is 0. The lowest BCUT2D eigenvalue weighted by atomic mass is 9.82. The average molecular weight is 827 g/mol. The van der Waals surface area contributed by atoms with Gasteiger partial charge in [0, 0.05) is 0 Å². The van der Waals surface area contributed by atoms with E-state index in [0.29, 0.717) is 11.8 Å². The van der Waals surface area contributed by atoms with Gasteiger partial charge in [-0.2, -0.15) is 0 Å². The van der Waals surface area contributed by atoms with Crippen molar-refractivity contribution in [3.63, 3.8) is 0 Å². The van der Waals surface area contributed by atoms with Gasteiger partial charge in [0.05, 0.1) is 0 Å². The van der Waals surface area contributed by atoms with Crippen molar-refractivity contribution in [2.75, 3.05) is 0 Å². The maximum Gasteiger partial charge on any atom is -0.00137 e. The predicted molar refractivity (Wildman–Crippen MR) is 284 cm³/mol. The second-order valence-electron chi connectivity index (χ2n) is 23.6. The van der Waals surface area contributed by atoms with Crippen LogP contribution >= 0.6 is 0 Å². The standard InChI is InChI=1S/C64H58/c1-31(2)53-51-29-47-48(50-28-36(64(11,12)13)25-33-24-35(63(8,9)10)27-49(47)55(33)50)30-52(51)54(32(3)4)61-45-23-21-42-40-18-19-43-46-26-34(62(5,6)7)14-15-37(46)38-16-17-39(57(40)56(38)43)41-20-22-44(60(53)61)59(45)58(41)42/h14-32H,1-13H3. The SMILES string of the molecule is CC(C)c1c2cc3c(cc2c(C(C)C)c2c4ccc5c6ccc7c8c(ccc(c9ccc(c12)c4c95)c86)-c1ccc(C(C)(C)C)cc1-7)c1cc(C(C)(C)C)cc2cc(C(C)(C)C)cc3c21. The summed E-state index contributed by atoms with van der Waals surface area (Å²) in [7, 11) is 0. The first-order valence-electron chi connectivity index (χ1n) is 24.0. The molecule has 0 aliphatic heterocycles. The Morgan fingerprint density at radius 2 is 0.656 bits per heavy atom. The van der Waals surface area contributed by atoms with Crippen molar-refractivity contribution in [3.8, 4) is 22.3 Å². The van der Waals surface area contributed by atoms with Crippen molar-refractivity contribution in [2.24, 2.45) is 0 Å². The van der Waals surface area contributed by atoms with E-state index in [2.05, 4.69) is 193 Å². The largest absolute Gasteiger partial charge is 0.0586 e. The van der Waals surface area contributed by atoms with Crippen LogP contribution in [0.15, 0.2) is 103 Å². The Morgan fingerprint density at radius 1 is 0.266 bits per heavy atom. The normalized spacial score (nSPS) is 14.0. The minimum Gasteiger partial charge on any atom is -0.0586 e. The molecule has 0 unspecified atom stereocenters. The molecule has 0 saturated heterocycles. The Hall–Kier alpha value is -5.98. The van der Waals surface area contributed by atoms with Crippen molar-refractivity contribution in [1.82, 2.24) is 0 Å². The van der Waals surface area contributed by atoms with Crippen molar-refractivity contribution in [2.45, 2.75) is 118 Å². The molecule has 0 fully saturated rings. The Balaban J connectivity index is 1.18. The molecular formula is C64H58. The van der Waals surface area contributed by atoms with Gasteiger partial charge in [0.25, 0.3) is 0 Å². The second kappa shape index (κ2) is 12.0. The molecule has 0 amide bonds. The van der Waals surface area contributed by atoms with Crippen LogP contribution in [0.1, 0.15) is 130 Å². The molecule has 0 saturated carbocycles. The molecule has 12 aromatic carbocycles. The second-order valence-corrected chi connectivity index (χ2v) is 23.6. The molecule has 314 valence electrons. The molecule has 0 heterocycles. The van der Waals surface area contributed by atoms with Crippen molar-refractivity contribution >= 4 is 108 Å². The zero-order chi connectivity index (χ0) is 44.4. The summed E-state index contributed by atoms with van der Waals surface area (Å²) in [4.78, 5) is 0. The molecule has 0 heteroatoms. The fourth-order valence-electron chi connectivity index (χ4n) is 12.8. The fraction of sp³-hybridized carbons (Fsp3) is 0.281. The maximum absolute atomic E-state index is 2.63. The number of hydrogen-bond acceptors (Lipinski definition) is 0. The first kappa shape index (κ1) is 38.5. The highest BCUT2D eigenvalue weighted by Crippen LogP contribution is 2.57. The molecule has 13 rings (SSSR count). The molecule has 0 aromatic heterocycles. The van der Waals surface area contributed by atoms with Crippen LogP contribution in [-0.4, -0.2) is 0 Å². The van der Waals surface area contributed by atoms with Gasteiger partial charge in [-0.15, -0.1) is 0 Å². The zero-order valence-corrected chi connectivity index (χ0v) is 40.0. The van der Waals surface area contributed by atoms with Crippen LogP contribution in [0, 0.1) is 0 Å². The summed E-state index contributed by atoms with van der Waals surface area (Å²) >= 11 is 0. The minimum atomic E-state index is 0.0373. The molecule has 12 aromatic rings. The number of rotatable bonds is 2. The molecule has 0 spiro atoms. The van der Waals surface area contributed by atoms with Gasteiger partial charge >= 0.3 is 0 Å². The molecule has 0 N–H and O–H groups in total. The first-order valence-corrected chi connectivity index (χ1v) is 24.0. The monoisotopic (exact) mass is 826 g/mol. The molecule has 0 nitrogen and oxygen atoms in total. The summed E-state index contributed by atoms with van der Waals surface area (Å²) in [5, 5.41) is 28.2. The summed E-state index contributed by atoms with van der Waals surface area (Å²) in [6, 6.07) is 42.2. The van der Waals surface area contributed by atoms with E-state index >= 15 is 0 Å². The molecule has 0 radical (unpaired) electrons. The van der Waals surface area contributed by atoms with Gasteiger partial charge < -0.3 is 0 Å². The van der Waals surface area contributed by atoms with E-state index in [0.717, 1.165) is 0 Å². The third-order valence-electron chi connectivity index (χ3n) is 15.9. The lowest BCUT2D eigenvalue weighted by Crippen LogP contribution is -2.12. The Labute approximate surface area is 377 Å². The summed E-state index contributed by atoms with van der Waals surface area (Å²) in [6.07, 6.45) is 0. The van der Waals surface area contributed by atoms with Gasteiger partial charge in [0.1, 0.15) is 0 Å². The van der Waals surface area contributed by atoms with Gasteiger partial charge in [-0.1, -0.05) is 163 Å². The van der Waals surface area contributed by atoms with Crippen LogP contribution in [0.5, 0.6) is 0 Å². The lowest BCUT2D eigenvalue weighted by molar-refractivity contribution is 0.590. The van der Waals surface area contributed by atoms with Crippen LogP contribution in [0.2, 0.25) is 0 Å². The molecule has 64 heavy (non-hydrogen) atoms. The van der Waals surface area contributed by atoms with Crippen LogP contribution in [0.3, 0.4) is 0 Å². The van der Waals surface area contributed by atoms with E-state index in [-0.39, 0.29) is 16.2 Å². The molecule has 0 bridgehead atoms. The van der Waals surface area contributed by atoms with Crippen LogP contribution in [0.4, 0.5) is 0 Å². The van der Waals surface area contributed by atoms with Crippen molar-refractivity contribution in [3.05, 3.63) is 131 Å². The van der Waals surface area contributed by atoms with E-state index in [1.807, 2.05) is 0 Å². The smallest absolute Gasteiger partial charge is 0.00137 e. The Bertz CT molecular complexity index is 3850. The first-order chi connectivity index (χ1) is 30.3. The van der Waals surface area contributed by atoms with Gasteiger partial charge in [-0.25, -0.2) is 0 Å². The Kier molecular flexibility index (Phi) is 7.23. The molecule has 1 aliphatic rings.